The number of amides is 1. The molecule has 1 aromatic rings. The maximum absolute atomic E-state index is 12.8. The molecule has 1 unspecified atom stereocenters. The average molecular weight is 306 g/mol. The van der Waals surface area contributed by atoms with Crippen molar-refractivity contribution in [1.82, 2.24) is 10.6 Å². The fraction of sp³-hybridized carbons (Fsp3) is 0.588. The molecule has 1 amide bonds. The van der Waals surface area contributed by atoms with Gasteiger partial charge in [-0.3, -0.25) is 4.79 Å². The highest BCUT2D eigenvalue weighted by molar-refractivity contribution is 7.99. The molecule has 2 rings (SSSR count). The summed E-state index contributed by atoms with van der Waals surface area (Å²) in [6.45, 7) is 4.78. The first-order chi connectivity index (χ1) is 10.2. The standard InChI is InChI=1S/C17H26N2OS/c1-14(21-2)8-11-19-16(20)17(9-12-18-13-10-17)15-6-4-3-5-7-15/h3-7,14,18H,8-13H2,1-2H3,(H,19,20). The van der Waals surface area contributed by atoms with Crippen LogP contribution < -0.4 is 10.6 Å². The van der Waals surface area contributed by atoms with Gasteiger partial charge in [-0.25, -0.2) is 0 Å². The quantitative estimate of drug-likeness (QED) is 0.849. The van der Waals surface area contributed by atoms with Gasteiger partial charge < -0.3 is 10.6 Å². The molecule has 4 heteroatoms. The molecule has 0 saturated carbocycles. The molecule has 116 valence electrons. The average Bonchev–Trinajstić information content (AvgIpc) is 2.56. The number of rotatable bonds is 6. The van der Waals surface area contributed by atoms with Crippen molar-refractivity contribution < 1.29 is 4.79 Å². The van der Waals surface area contributed by atoms with Crippen LogP contribution in [-0.4, -0.2) is 37.0 Å². The predicted molar refractivity (Wildman–Crippen MR) is 90.8 cm³/mol. The summed E-state index contributed by atoms with van der Waals surface area (Å²) in [6.07, 6.45) is 4.89. The van der Waals surface area contributed by atoms with Crippen LogP contribution in [-0.2, 0) is 10.2 Å². The number of nitrogens with one attached hydrogen (secondary N) is 2. The molecule has 0 radical (unpaired) electrons. The molecule has 0 aliphatic carbocycles. The first kappa shape index (κ1) is 16.4. The molecule has 1 atom stereocenters. The van der Waals surface area contributed by atoms with E-state index in [1.165, 1.54) is 0 Å². The van der Waals surface area contributed by atoms with Gasteiger partial charge in [0.25, 0.3) is 0 Å². The van der Waals surface area contributed by atoms with E-state index < -0.39 is 0 Å². The fourth-order valence-electron chi connectivity index (χ4n) is 2.93. The molecule has 0 spiro atoms. The Hall–Kier alpha value is -1.00. The van der Waals surface area contributed by atoms with E-state index in [9.17, 15) is 4.79 Å². The van der Waals surface area contributed by atoms with Crippen molar-refractivity contribution in [2.24, 2.45) is 0 Å². The van der Waals surface area contributed by atoms with Crippen molar-refractivity contribution in [2.45, 2.75) is 36.9 Å². The Kier molecular flexibility index (Phi) is 6.12. The molecule has 1 aliphatic heterocycles. The second-order valence-electron chi connectivity index (χ2n) is 5.79. The second-order valence-corrected chi connectivity index (χ2v) is 7.07. The minimum atomic E-state index is -0.352. The Balaban J connectivity index is 2.07. The molecule has 3 nitrogen and oxygen atoms in total. The van der Waals surface area contributed by atoms with Crippen LogP contribution in [0.15, 0.2) is 30.3 Å². The number of thioether (sulfide) groups is 1. The molecule has 1 aromatic carbocycles. The molecule has 2 N–H and O–H groups in total. The van der Waals surface area contributed by atoms with Crippen molar-refractivity contribution in [1.29, 1.82) is 0 Å². The Morgan fingerprint density at radius 1 is 1.33 bits per heavy atom. The summed E-state index contributed by atoms with van der Waals surface area (Å²) in [6, 6.07) is 10.3. The third-order valence-corrected chi connectivity index (χ3v) is 5.50. The first-order valence-corrected chi connectivity index (χ1v) is 9.05. The maximum Gasteiger partial charge on any atom is 0.230 e. The minimum absolute atomic E-state index is 0.198. The van der Waals surface area contributed by atoms with E-state index in [0.29, 0.717) is 5.25 Å². The molecule has 1 fully saturated rings. The van der Waals surface area contributed by atoms with Gasteiger partial charge in [-0.1, -0.05) is 37.3 Å². The van der Waals surface area contributed by atoms with Crippen LogP contribution >= 0.6 is 11.8 Å². The van der Waals surface area contributed by atoms with Crippen LogP contribution in [0, 0.1) is 0 Å². The van der Waals surface area contributed by atoms with E-state index in [1.807, 2.05) is 30.0 Å². The van der Waals surface area contributed by atoms with Gasteiger partial charge in [0.15, 0.2) is 0 Å². The zero-order valence-corrected chi connectivity index (χ0v) is 13.8. The van der Waals surface area contributed by atoms with Crippen molar-refractivity contribution >= 4 is 17.7 Å². The Bertz CT molecular complexity index is 443. The minimum Gasteiger partial charge on any atom is -0.355 e. The van der Waals surface area contributed by atoms with Crippen LogP contribution in [0.1, 0.15) is 31.7 Å². The van der Waals surface area contributed by atoms with Crippen molar-refractivity contribution in [2.75, 3.05) is 25.9 Å². The van der Waals surface area contributed by atoms with Crippen LogP contribution in [0.2, 0.25) is 0 Å². The number of carbonyl (C=O) groups excluding carboxylic acids is 1. The zero-order chi connectivity index (χ0) is 15.1. The highest BCUT2D eigenvalue weighted by atomic mass is 32.2. The Morgan fingerprint density at radius 3 is 2.62 bits per heavy atom. The smallest absolute Gasteiger partial charge is 0.230 e. The van der Waals surface area contributed by atoms with Gasteiger partial charge in [0.2, 0.25) is 5.91 Å². The van der Waals surface area contributed by atoms with E-state index in [-0.39, 0.29) is 11.3 Å². The highest BCUT2D eigenvalue weighted by Gasteiger charge is 2.40. The third kappa shape index (κ3) is 4.01. The third-order valence-electron chi connectivity index (χ3n) is 4.46. The van der Waals surface area contributed by atoms with Gasteiger partial charge >= 0.3 is 0 Å². The summed E-state index contributed by atoms with van der Waals surface area (Å²) in [7, 11) is 0. The highest BCUT2D eigenvalue weighted by Crippen LogP contribution is 2.33. The van der Waals surface area contributed by atoms with Crippen molar-refractivity contribution in [3.63, 3.8) is 0 Å². The lowest BCUT2D eigenvalue weighted by molar-refractivity contribution is -0.127. The largest absolute Gasteiger partial charge is 0.355 e. The molecule has 1 heterocycles. The summed E-state index contributed by atoms with van der Waals surface area (Å²) in [5.74, 6) is 0.198. The van der Waals surface area contributed by atoms with Crippen molar-refractivity contribution in [3.05, 3.63) is 35.9 Å². The SMILES string of the molecule is CSC(C)CCNC(=O)C1(c2ccccc2)CCNCC1. The molecular formula is C17H26N2OS. The number of benzene rings is 1. The molecule has 21 heavy (non-hydrogen) atoms. The topological polar surface area (TPSA) is 41.1 Å². The van der Waals surface area contributed by atoms with E-state index in [2.05, 4.69) is 35.9 Å². The van der Waals surface area contributed by atoms with Crippen molar-refractivity contribution in [3.8, 4) is 0 Å². The Labute approximate surface area is 132 Å². The second kappa shape index (κ2) is 7.85. The zero-order valence-electron chi connectivity index (χ0n) is 13.0. The molecule has 0 bridgehead atoms. The van der Waals surface area contributed by atoms with Gasteiger partial charge in [-0.05, 0) is 44.2 Å². The normalized spacial score (nSPS) is 19.0. The van der Waals surface area contributed by atoms with E-state index >= 15 is 0 Å². The lowest BCUT2D eigenvalue weighted by Crippen LogP contribution is -2.51. The van der Waals surface area contributed by atoms with E-state index in [0.717, 1.165) is 44.5 Å². The molecule has 0 aromatic heterocycles. The van der Waals surface area contributed by atoms with Crippen LogP contribution in [0.5, 0.6) is 0 Å². The summed E-state index contributed by atoms with van der Waals surface area (Å²) in [5, 5.41) is 7.13. The fourth-order valence-corrected chi connectivity index (χ4v) is 3.29. The summed E-state index contributed by atoms with van der Waals surface area (Å²) < 4.78 is 0. The first-order valence-electron chi connectivity index (χ1n) is 7.76. The monoisotopic (exact) mass is 306 g/mol. The van der Waals surface area contributed by atoms with Gasteiger partial charge in [-0.15, -0.1) is 0 Å². The van der Waals surface area contributed by atoms with Gasteiger partial charge in [0, 0.05) is 11.8 Å². The van der Waals surface area contributed by atoms with E-state index in [1.54, 1.807) is 0 Å². The lowest BCUT2D eigenvalue weighted by Gasteiger charge is -2.36. The summed E-state index contributed by atoms with van der Waals surface area (Å²) in [4.78, 5) is 12.8. The molecule has 1 saturated heterocycles. The van der Waals surface area contributed by atoms with Crippen LogP contribution in [0.25, 0.3) is 0 Å². The number of piperidine rings is 1. The summed E-state index contributed by atoms with van der Waals surface area (Å²) >= 11 is 1.85. The van der Waals surface area contributed by atoms with E-state index in [4.69, 9.17) is 0 Å². The number of hydrogen-bond donors (Lipinski definition) is 2. The predicted octanol–water partition coefficient (Wildman–Crippen LogP) is 2.57. The van der Waals surface area contributed by atoms with Gasteiger partial charge in [-0.2, -0.15) is 11.8 Å². The van der Waals surface area contributed by atoms with Crippen LogP contribution in [0.4, 0.5) is 0 Å². The Morgan fingerprint density at radius 2 is 2.00 bits per heavy atom. The number of carbonyl (C=O) groups is 1. The maximum atomic E-state index is 12.8. The van der Waals surface area contributed by atoms with Gasteiger partial charge in [0.1, 0.15) is 0 Å². The van der Waals surface area contributed by atoms with Crippen LogP contribution in [0.3, 0.4) is 0 Å². The lowest BCUT2D eigenvalue weighted by atomic mass is 9.72. The summed E-state index contributed by atoms with van der Waals surface area (Å²) in [5.41, 5.74) is 0.802. The van der Waals surface area contributed by atoms with Gasteiger partial charge in [0.05, 0.1) is 5.41 Å². The molecular weight excluding hydrogens is 280 g/mol. The number of hydrogen-bond acceptors (Lipinski definition) is 3. The molecule has 1 aliphatic rings.